The molecule has 2 atom stereocenters. The molecule has 2 unspecified atom stereocenters. The van der Waals surface area contributed by atoms with E-state index in [9.17, 15) is 13.2 Å². The number of ether oxygens (including phenoxy) is 1. The van der Waals surface area contributed by atoms with Gasteiger partial charge in [-0.25, -0.2) is 13.1 Å². The Morgan fingerprint density at radius 1 is 1.06 bits per heavy atom. The molecule has 3 aromatic rings. The van der Waals surface area contributed by atoms with E-state index in [-0.39, 0.29) is 29.4 Å². The maximum atomic E-state index is 12.9. The van der Waals surface area contributed by atoms with Crippen LogP contribution < -0.4 is 5.32 Å². The highest BCUT2D eigenvalue weighted by molar-refractivity contribution is 7.89. The van der Waals surface area contributed by atoms with Crippen LogP contribution in [-0.4, -0.2) is 64.1 Å². The van der Waals surface area contributed by atoms with Crippen LogP contribution in [0.3, 0.4) is 0 Å². The predicted molar refractivity (Wildman–Crippen MR) is 117 cm³/mol. The summed E-state index contributed by atoms with van der Waals surface area (Å²) in [5.74, 6) is -0.202. The predicted octanol–water partition coefficient (Wildman–Crippen LogP) is 1.64. The van der Waals surface area contributed by atoms with Crippen molar-refractivity contribution < 1.29 is 17.9 Å². The number of benzene rings is 2. The maximum Gasteiger partial charge on any atom is 0.243 e. The number of anilines is 1. The molecule has 1 saturated heterocycles. The second-order valence-electron chi connectivity index (χ2n) is 7.75. The Bertz CT molecular complexity index is 1150. The van der Waals surface area contributed by atoms with Gasteiger partial charge in [-0.05, 0) is 66.2 Å². The molecular weight excluding hydrogens is 432 g/mol. The number of amides is 1. The van der Waals surface area contributed by atoms with Gasteiger partial charge in [0.1, 0.15) is 6.33 Å². The molecule has 4 rings (SSSR count). The van der Waals surface area contributed by atoms with Gasteiger partial charge >= 0.3 is 0 Å². The van der Waals surface area contributed by atoms with Crippen LogP contribution in [0.5, 0.6) is 0 Å². The van der Waals surface area contributed by atoms with Crippen LogP contribution in [0.1, 0.15) is 19.4 Å². The van der Waals surface area contributed by atoms with Gasteiger partial charge in [0, 0.05) is 18.8 Å². The first-order valence-electron chi connectivity index (χ1n) is 10.2. The number of nitrogens with zero attached hydrogens (tertiary/aromatic N) is 5. The minimum Gasteiger partial charge on any atom is -0.373 e. The first-order chi connectivity index (χ1) is 15.3. The summed E-state index contributed by atoms with van der Waals surface area (Å²) >= 11 is 0. The zero-order valence-corrected chi connectivity index (χ0v) is 18.6. The summed E-state index contributed by atoms with van der Waals surface area (Å²) in [4.78, 5) is 12.6. The standard InChI is InChI=1S/C21H24N6O4S/c1-15-12-26(13-16(2)31-15)32(29,30)20-9-5-18(6-10-20)23-21(28)11-17-3-7-19(8-4-17)27-14-22-24-25-27/h3-10,14-16H,11-13H2,1-2H3,(H,23,28). The lowest BCUT2D eigenvalue weighted by Gasteiger charge is -2.34. The summed E-state index contributed by atoms with van der Waals surface area (Å²) in [5.41, 5.74) is 2.15. The van der Waals surface area contributed by atoms with Crippen molar-refractivity contribution in [3.63, 3.8) is 0 Å². The fourth-order valence-electron chi connectivity index (χ4n) is 3.62. The lowest BCUT2D eigenvalue weighted by Crippen LogP contribution is -2.48. The third-order valence-electron chi connectivity index (χ3n) is 5.08. The third kappa shape index (κ3) is 5.01. The zero-order valence-electron chi connectivity index (χ0n) is 17.7. The summed E-state index contributed by atoms with van der Waals surface area (Å²) in [6.07, 6.45) is 1.36. The molecule has 0 aliphatic carbocycles. The van der Waals surface area contributed by atoms with Gasteiger partial charge < -0.3 is 10.1 Å². The van der Waals surface area contributed by atoms with E-state index in [1.165, 1.54) is 27.4 Å². The van der Waals surface area contributed by atoms with Gasteiger partial charge in [-0.15, -0.1) is 5.10 Å². The lowest BCUT2D eigenvalue weighted by molar-refractivity contribution is -0.115. The lowest BCUT2D eigenvalue weighted by atomic mass is 10.1. The second kappa shape index (κ2) is 9.15. The monoisotopic (exact) mass is 456 g/mol. The molecule has 1 fully saturated rings. The molecule has 32 heavy (non-hydrogen) atoms. The molecule has 0 spiro atoms. The van der Waals surface area contributed by atoms with Crippen LogP contribution in [0, 0.1) is 0 Å². The molecule has 0 radical (unpaired) electrons. The van der Waals surface area contributed by atoms with Crippen LogP contribution in [0.4, 0.5) is 5.69 Å². The Labute approximate surface area is 186 Å². The summed E-state index contributed by atoms with van der Waals surface area (Å²) in [7, 11) is -3.62. The van der Waals surface area contributed by atoms with E-state index >= 15 is 0 Å². The molecule has 11 heteroatoms. The fraction of sp³-hybridized carbons (Fsp3) is 0.333. The van der Waals surface area contributed by atoms with Crippen LogP contribution in [0.25, 0.3) is 5.69 Å². The second-order valence-corrected chi connectivity index (χ2v) is 9.69. The molecule has 0 saturated carbocycles. The summed E-state index contributed by atoms with van der Waals surface area (Å²) in [6, 6.07) is 13.5. The van der Waals surface area contributed by atoms with E-state index in [1.807, 2.05) is 38.1 Å². The SMILES string of the molecule is CC1CN(S(=O)(=O)c2ccc(NC(=O)Cc3ccc(-n4cnnn4)cc3)cc2)CC(C)O1. The number of tetrazole rings is 1. The maximum absolute atomic E-state index is 12.9. The molecule has 1 N–H and O–H groups in total. The average molecular weight is 457 g/mol. The van der Waals surface area contributed by atoms with Crippen molar-refractivity contribution in [1.29, 1.82) is 0 Å². The van der Waals surface area contributed by atoms with E-state index in [4.69, 9.17) is 4.74 Å². The van der Waals surface area contributed by atoms with Gasteiger partial charge in [0.25, 0.3) is 0 Å². The molecule has 1 aliphatic heterocycles. The van der Waals surface area contributed by atoms with Crippen molar-refractivity contribution in [1.82, 2.24) is 24.5 Å². The number of aromatic nitrogens is 4. The number of carbonyl (C=O) groups is 1. The molecule has 168 valence electrons. The number of hydrogen-bond donors (Lipinski definition) is 1. The zero-order chi connectivity index (χ0) is 22.7. The van der Waals surface area contributed by atoms with Gasteiger partial charge in [0.05, 0.1) is 29.2 Å². The van der Waals surface area contributed by atoms with Gasteiger partial charge in [-0.3, -0.25) is 4.79 Å². The van der Waals surface area contributed by atoms with Gasteiger partial charge in [-0.1, -0.05) is 12.1 Å². The van der Waals surface area contributed by atoms with Crippen molar-refractivity contribution in [3.8, 4) is 5.69 Å². The number of hydrogen-bond acceptors (Lipinski definition) is 7. The number of sulfonamides is 1. The smallest absolute Gasteiger partial charge is 0.243 e. The summed E-state index contributed by atoms with van der Waals surface area (Å²) in [6.45, 7) is 4.35. The van der Waals surface area contributed by atoms with Crippen molar-refractivity contribution in [3.05, 3.63) is 60.4 Å². The molecule has 2 aromatic carbocycles. The normalized spacial score (nSPS) is 19.6. The van der Waals surface area contributed by atoms with E-state index in [0.29, 0.717) is 18.8 Å². The van der Waals surface area contributed by atoms with E-state index in [0.717, 1.165) is 11.3 Å². The molecule has 1 aliphatic rings. The number of rotatable bonds is 6. The highest BCUT2D eigenvalue weighted by atomic mass is 32.2. The first-order valence-corrected chi connectivity index (χ1v) is 11.6. The quantitative estimate of drug-likeness (QED) is 0.599. The number of nitrogens with one attached hydrogen (secondary N) is 1. The Morgan fingerprint density at radius 2 is 1.72 bits per heavy atom. The van der Waals surface area contributed by atoms with Gasteiger partial charge in [0.15, 0.2) is 0 Å². The topological polar surface area (TPSA) is 119 Å². The average Bonchev–Trinajstić information content (AvgIpc) is 3.29. The Balaban J connectivity index is 1.37. The van der Waals surface area contributed by atoms with E-state index in [2.05, 4.69) is 20.8 Å². The van der Waals surface area contributed by atoms with Crippen molar-refractivity contribution >= 4 is 21.6 Å². The Kier molecular flexibility index (Phi) is 6.31. The van der Waals surface area contributed by atoms with Crippen LogP contribution in [0.2, 0.25) is 0 Å². The summed E-state index contributed by atoms with van der Waals surface area (Å²) in [5, 5.41) is 13.8. The van der Waals surface area contributed by atoms with Gasteiger partial charge in [0.2, 0.25) is 15.9 Å². The van der Waals surface area contributed by atoms with Crippen molar-refractivity contribution in [2.24, 2.45) is 0 Å². The first kappa shape index (κ1) is 22.1. The third-order valence-corrected chi connectivity index (χ3v) is 6.92. The number of morpholine rings is 1. The highest BCUT2D eigenvalue weighted by Crippen LogP contribution is 2.22. The highest BCUT2D eigenvalue weighted by Gasteiger charge is 2.32. The van der Waals surface area contributed by atoms with Crippen molar-refractivity contribution in [2.75, 3.05) is 18.4 Å². The molecular formula is C21H24N6O4S. The Hall–Kier alpha value is -3.15. The van der Waals surface area contributed by atoms with E-state index < -0.39 is 10.0 Å². The van der Waals surface area contributed by atoms with Crippen molar-refractivity contribution in [2.45, 2.75) is 37.4 Å². The molecule has 1 amide bonds. The Morgan fingerprint density at radius 3 is 2.31 bits per heavy atom. The van der Waals surface area contributed by atoms with Crippen LogP contribution >= 0.6 is 0 Å². The van der Waals surface area contributed by atoms with Crippen LogP contribution in [-0.2, 0) is 26.0 Å². The molecule has 0 bridgehead atoms. The minimum absolute atomic E-state index is 0.158. The fourth-order valence-corrected chi connectivity index (χ4v) is 5.21. The number of carbonyl (C=O) groups excluding carboxylic acids is 1. The van der Waals surface area contributed by atoms with Crippen LogP contribution in [0.15, 0.2) is 59.8 Å². The summed E-state index contributed by atoms with van der Waals surface area (Å²) < 4.78 is 34.5. The van der Waals surface area contributed by atoms with E-state index in [1.54, 1.807) is 12.1 Å². The van der Waals surface area contributed by atoms with Gasteiger partial charge in [-0.2, -0.15) is 4.31 Å². The molecule has 2 heterocycles. The minimum atomic E-state index is -3.62. The molecule has 10 nitrogen and oxygen atoms in total. The molecule has 1 aromatic heterocycles. The largest absolute Gasteiger partial charge is 0.373 e.